The molecule has 1 aromatic heterocycles. The fraction of sp³-hybridized carbons (Fsp3) is 0.353. The molecule has 0 radical (unpaired) electrons. The molecule has 0 aliphatic carbocycles. The van der Waals surface area contributed by atoms with E-state index in [-0.39, 0.29) is 16.7 Å². The van der Waals surface area contributed by atoms with Crippen molar-refractivity contribution in [2.24, 2.45) is 0 Å². The average molecular weight is 383 g/mol. The van der Waals surface area contributed by atoms with E-state index in [1.807, 2.05) is 13.8 Å². The zero-order valence-corrected chi connectivity index (χ0v) is 15.3. The van der Waals surface area contributed by atoms with Crippen molar-refractivity contribution in [2.45, 2.75) is 37.8 Å². The van der Waals surface area contributed by atoms with E-state index in [0.29, 0.717) is 5.82 Å². The van der Waals surface area contributed by atoms with Gasteiger partial charge in [-0.25, -0.2) is 13.5 Å². The Labute approximate surface area is 153 Å². The van der Waals surface area contributed by atoms with Gasteiger partial charge in [0.05, 0.1) is 11.9 Å². The molecule has 1 heterocycles. The molecule has 0 saturated carbocycles. The fourth-order valence-electron chi connectivity index (χ4n) is 2.06. The molecule has 0 aliphatic heterocycles. The third-order valence-corrected chi connectivity index (χ3v) is 4.33. The van der Waals surface area contributed by atoms with Gasteiger partial charge in [-0.2, -0.15) is 5.10 Å². The molecule has 1 N–H and O–H groups in total. The number of ether oxygens (including phenoxy) is 1. The zero-order chi connectivity index (χ0) is 19.3. The molecule has 1 aromatic carbocycles. The number of hydrogen-bond acceptors (Lipinski definition) is 5. The molecule has 2 rings (SSSR count). The van der Waals surface area contributed by atoms with Gasteiger partial charge in [0.25, 0.3) is 5.91 Å². The number of carbonyl (C=O) groups is 2. The van der Waals surface area contributed by atoms with Crippen molar-refractivity contribution in [2.75, 3.05) is 11.1 Å². The molecule has 26 heavy (non-hydrogen) atoms. The number of esters is 1. The quantitative estimate of drug-likeness (QED) is 0.586. The van der Waals surface area contributed by atoms with Crippen LogP contribution in [0.5, 0.6) is 0 Å². The van der Waals surface area contributed by atoms with Crippen LogP contribution in [0.2, 0.25) is 0 Å². The number of nitrogens with one attached hydrogen (secondary N) is 1. The van der Waals surface area contributed by atoms with Gasteiger partial charge >= 0.3 is 5.97 Å². The summed E-state index contributed by atoms with van der Waals surface area (Å²) in [6.45, 7) is 5.25. The Morgan fingerprint density at radius 1 is 1.27 bits per heavy atom. The summed E-state index contributed by atoms with van der Waals surface area (Å²) >= 11 is 0.799. The minimum absolute atomic E-state index is 0.000102. The van der Waals surface area contributed by atoms with Crippen molar-refractivity contribution in [1.82, 2.24) is 9.78 Å². The van der Waals surface area contributed by atoms with E-state index >= 15 is 0 Å². The molecule has 0 bridgehead atoms. The lowest BCUT2D eigenvalue weighted by Crippen LogP contribution is -2.31. The van der Waals surface area contributed by atoms with Gasteiger partial charge in [0.1, 0.15) is 17.5 Å². The van der Waals surface area contributed by atoms with Crippen LogP contribution in [0.4, 0.5) is 14.6 Å². The minimum atomic E-state index is -1.05. The van der Waals surface area contributed by atoms with E-state index in [1.54, 1.807) is 16.9 Å². The normalized spacial score (nSPS) is 12.1. The van der Waals surface area contributed by atoms with Gasteiger partial charge in [0, 0.05) is 17.0 Å². The molecule has 6 nitrogen and oxygen atoms in total. The first-order valence-corrected chi connectivity index (χ1v) is 8.88. The molecule has 1 atom stereocenters. The van der Waals surface area contributed by atoms with Crippen LogP contribution >= 0.6 is 11.8 Å². The second-order valence-corrected chi connectivity index (χ2v) is 6.76. The first-order chi connectivity index (χ1) is 12.3. The Bertz CT molecular complexity index is 795. The van der Waals surface area contributed by atoms with Crippen LogP contribution in [0.25, 0.3) is 0 Å². The Hall–Kier alpha value is -2.42. The summed E-state index contributed by atoms with van der Waals surface area (Å²) in [6.07, 6.45) is 0.507. The van der Waals surface area contributed by atoms with Crippen molar-refractivity contribution in [3.05, 3.63) is 42.1 Å². The van der Waals surface area contributed by atoms with E-state index in [1.165, 1.54) is 6.92 Å². The Balaban J connectivity index is 1.87. The minimum Gasteiger partial charge on any atom is -0.452 e. The number of anilines is 1. The van der Waals surface area contributed by atoms with Gasteiger partial charge in [-0.05, 0) is 39.0 Å². The van der Waals surface area contributed by atoms with E-state index in [0.717, 1.165) is 30.0 Å². The van der Waals surface area contributed by atoms with E-state index in [2.05, 4.69) is 10.4 Å². The van der Waals surface area contributed by atoms with Crippen LogP contribution in [0.1, 0.15) is 26.8 Å². The largest absolute Gasteiger partial charge is 0.452 e. The number of benzene rings is 1. The van der Waals surface area contributed by atoms with Crippen LogP contribution < -0.4 is 5.32 Å². The summed E-state index contributed by atoms with van der Waals surface area (Å²) in [5, 5.41) is 6.73. The molecular weight excluding hydrogens is 364 g/mol. The maximum atomic E-state index is 13.5. The van der Waals surface area contributed by atoms with Gasteiger partial charge in [-0.15, -0.1) is 11.8 Å². The third kappa shape index (κ3) is 5.29. The predicted octanol–water partition coefficient (Wildman–Crippen LogP) is 3.40. The van der Waals surface area contributed by atoms with Crippen LogP contribution in [-0.4, -0.2) is 33.5 Å². The number of nitrogens with zero attached hydrogens (tertiary/aromatic N) is 2. The van der Waals surface area contributed by atoms with Gasteiger partial charge in [0.15, 0.2) is 6.10 Å². The van der Waals surface area contributed by atoms with E-state index in [9.17, 15) is 18.4 Å². The second kappa shape index (κ2) is 8.79. The maximum absolute atomic E-state index is 13.5. The highest BCUT2D eigenvalue weighted by molar-refractivity contribution is 8.00. The monoisotopic (exact) mass is 383 g/mol. The van der Waals surface area contributed by atoms with Crippen LogP contribution in [0.3, 0.4) is 0 Å². The molecule has 0 saturated heterocycles. The maximum Gasteiger partial charge on any atom is 0.317 e. The number of aromatic nitrogens is 2. The molecular formula is C17H19F2N3O3S. The van der Waals surface area contributed by atoms with Gasteiger partial charge in [-0.1, -0.05) is 0 Å². The molecule has 9 heteroatoms. The van der Waals surface area contributed by atoms with Crippen LogP contribution in [0.15, 0.2) is 35.4 Å². The van der Waals surface area contributed by atoms with Crippen molar-refractivity contribution >= 4 is 29.5 Å². The van der Waals surface area contributed by atoms with E-state index in [4.69, 9.17) is 4.74 Å². The topological polar surface area (TPSA) is 73.2 Å². The number of rotatable bonds is 7. The lowest BCUT2D eigenvalue weighted by molar-refractivity contribution is -0.150. The summed E-state index contributed by atoms with van der Waals surface area (Å²) < 4.78 is 33.3. The third-order valence-electron chi connectivity index (χ3n) is 3.33. The highest BCUT2D eigenvalue weighted by Gasteiger charge is 2.20. The number of thioether (sulfide) groups is 1. The second-order valence-electron chi connectivity index (χ2n) is 5.74. The van der Waals surface area contributed by atoms with Crippen LogP contribution in [-0.2, 0) is 14.3 Å². The summed E-state index contributed by atoms with van der Waals surface area (Å²) in [4.78, 5) is 24.0. The smallest absolute Gasteiger partial charge is 0.317 e. The van der Waals surface area contributed by atoms with Gasteiger partial charge < -0.3 is 10.1 Å². The number of hydrogen-bond donors (Lipinski definition) is 1. The lowest BCUT2D eigenvalue weighted by Gasteiger charge is -2.15. The first-order valence-electron chi connectivity index (χ1n) is 7.89. The summed E-state index contributed by atoms with van der Waals surface area (Å²) in [5.41, 5.74) is 0. The Kier molecular flexibility index (Phi) is 6.73. The molecule has 0 aliphatic rings. The fourth-order valence-corrected chi connectivity index (χ4v) is 2.81. The standard InChI is InChI=1S/C17H19F2N3O3S/c1-10(2)22-15(6-7-20-22)21-17(24)11(3)25-16(23)9-26-14-8-12(18)4-5-13(14)19/h4-8,10-11H,9H2,1-3H3,(H,21,24)/t11-/m1/s1. The Morgan fingerprint density at radius 2 is 2.00 bits per heavy atom. The molecule has 0 spiro atoms. The molecule has 0 fully saturated rings. The number of halogens is 2. The van der Waals surface area contributed by atoms with Gasteiger partial charge in [0.2, 0.25) is 0 Å². The zero-order valence-electron chi connectivity index (χ0n) is 14.5. The summed E-state index contributed by atoms with van der Waals surface area (Å²) in [7, 11) is 0. The average Bonchev–Trinajstić information content (AvgIpc) is 3.04. The van der Waals surface area contributed by atoms with E-state index < -0.39 is 29.6 Å². The highest BCUT2D eigenvalue weighted by Crippen LogP contribution is 2.23. The SMILES string of the molecule is CC(C)n1nccc1NC(=O)[C@@H](C)OC(=O)CSc1cc(F)ccc1F. The Morgan fingerprint density at radius 3 is 2.69 bits per heavy atom. The first kappa shape index (κ1) is 19.9. The van der Waals surface area contributed by atoms with Crippen molar-refractivity contribution < 1.29 is 23.1 Å². The molecule has 0 unspecified atom stereocenters. The van der Waals surface area contributed by atoms with Crippen molar-refractivity contribution in [3.63, 3.8) is 0 Å². The predicted molar refractivity (Wildman–Crippen MR) is 93.9 cm³/mol. The van der Waals surface area contributed by atoms with Crippen molar-refractivity contribution in [3.8, 4) is 0 Å². The molecule has 1 amide bonds. The summed E-state index contributed by atoms with van der Waals surface area (Å²) in [5.74, 6) is -2.21. The van der Waals surface area contributed by atoms with Crippen molar-refractivity contribution in [1.29, 1.82) is 0 Å². The molecule has 2 aromatic rings. The lowest BCUT2D eigenvalue weighted by atomic mass is 10.3. The highest BCUT2D eigenvalue weighted by atomic mass is 32.2. The molecule has 140 valence electrons. The number of carbonyl (C=O) groups excluding carboxylic acids is 2. The van der Waals surface area contributed by atoms with Gasteiger partial charge in [-0.3, -0.25) is 9.59 Å². The number of amides is 1. The summed E-state index contributed by atoms with van der Waals surface area (Å²) in [6, 6.07) is 4.66. The van der Waals surface area contributed by atoms with Crippen LogP contribution in [0, 0.1) is 11.6 Å².